The van der Waals surface area contributed by atoms with E-state index in [2.05, 4.69) is 26.1 Å². The van der Waals surface area contributed by atoms with E-state index in [1.165, 1.54) is 17.3 Å². The molecule has 1 saturated heterocycles. The minimum absolute atomic E-state index is 0.0663. The van der Waals surface area contributed by atoms with Gasteiger partial charge in [0.15, 0.2) is 17.4 Å². The molecule has 11 heteroatoms. The summed E-state index contributed by atoms with van der Waals surface area (Å²) < 4.78 is 21.9. The van der Waals surface area contributed by atoms with Gasteiger partial charge in [0.25, 0.3) is 0 Å². The first-order valence-electron chi connectivity index (χ1n) is 10.3. The topological polar surface area (TPSA) is 113 Å². The van der Waals surface area contributed by atoms with Crippen LogP contribution in [0.1, 0.15) is 23.6 Å². The van der Waals surface area contributed by atoms with Gasteiger partial charge in [0, 0.05) is 50.5 Å². The number of aryl methyl sites for hydroxylation is 1. The van der Waals surface area contributed by atoms with Crippen molar-refractivity contribution in [2.45, 2.75) is 18.6 Å². The van der Waals surface area contributed by atoms with Crippen molar-refractivity contribution in [3.8, 4) is 23.3 Å². The summed E-state index contributed by atoms with van der Waals surface area (Å²) in [7, 11) is 1.82. The number of pyridine rings is 2. The number of carbonyl (C=O) groups excluding carboxylic acids is 1. The number of hydrogen-bond acceptors (Lipinski definition) is 7. The molecule has 1 atom stereocenters. The number of ether oxygens (including phenoxy) is 1. The number of hydrogen-bond donors (Lipinski definition) is 0. The number of nitrogens with zero attached hydrogens (tertiary/aromatic N) is 8. The van der Waals surface area contributed by atoms with E-state index in [4.69, 9.17) is 10.00 Å². The number of likely N-dealkylation sites (tertiary alicyclic amines) is 1. The second-order valence-electron chi connectivity index (χ2n) is 7.80. The van der Waals surface area contributed by atoms with Crippen molar-refractivity contribution in [1.82, 2.24) is 29.4 Å². The number of halogens is 1. The molecule has 0 N–H and O–H groups in total. The zero-order valence-corrected chi connectivity index (χ0v) is 17.7. The molecule has 3 aromatic rings. The molecule has 0 aromatic carbocycles. The van der Waals surface area contributed by atoms with E-state index < -0.39 is 5.82 Å². The maximum absolute atomic E-state index is 14.3. The molecule has 3 aromatic heterocycles. The van der Waals surface area contributed by atoms with Crippen LogP contribution in [0.5, 0.6) is 5.75 Å². The Balaban J connectivity index is 1.24. The van der Waals surface area contributed by atoms with Crippen LogP contribution in [0, 0.1) is 17.1 Å². The molecular weight excluding hydrogens is 427 g/mol. The maximum atomic E-state index is 14.3. The average molecular weight is 446 g/mol. The molecule has 2 amide bonds. The lowest BCUT2D eigenvalue weighted by Gasteiger charge is -2.41. The van der Waals surface area contributed by atoms with Crippen LogP contribution in [0.25, 0.3) is 11.5 Å². The lowest BCUT2D eigenvalue weighted by molar-refractivity contribution is 0.0256. The Hall–Kier alpha value is -4.33. The van der Waals surface area contributed by atoms with Crippen molar-refractivity contribution in [1.29, 1.82) is 5.26 Å². The highest BCUT2D eigenvalue weighted by Gasteiger charge is 2.39. The molecule has 0 aliphatic carbocycles. The SMILES string of the molecule is Cn1ccnc1-c1cc(OC2CN(C(=O)N3N=CC[C@H]3c3cncc(C#N)c3)C2)c(F)cn1. The maximum Gasteiger partial charge on any atom is 0.341 e. The molecule has 10 nitrogen and oxygen atoms in total. The zero-order chi connectivity index (χ0) is 22.9. The fourth-order valence-corrected chi connectivity index (χ4v) is 3.81. The fraction of sp³-hybridized carbons (Fsp3) is 0.273. The number of nitriles is 1. The monoisotopic (exact) mass is 446 g/mol. The van der Waals surface area contributed by atoms with E-state index in [0.29, 0.717) is 36.6 Å². The lowest BCUT2D eigenvalue weighted by Crippen LogP contribution is -2.58. The van der Waals surface area contributed by atoms with Gasteiger partial charge in [0.2, 0.25) is 0 Å². The predicted molar refractivity (Wildman–Crippen MR) is 114 cm³/mol. The number of aromatic nitrogens is 4. The van der Waals surface area contributed by atoms with E-state index in [1.807, 2.05) is 7.05 Å². The molecule has 5 rings (SSSR count). The highest BCUT2D eigenvalue weighted by Crippen LogP contribution is 2.31. The van der Waals surface area contributed by atoms with Gasteiger partial charge >= 0.3 is 6.03 Å². The molecule has 33 heavy (non-hydrogen) atoms. The van der Waals surface area contributed by atoms with Crippen molar-refractivity contribution in [2.75, 3.05) is 13.1 Å². The molecule has 0 unspecified atom stereocenters. The van der Waals surface area contributed by atoms with Gasteiger partial charge in [-0.25, -0.2) is 24.2 Å². The Morgan fingerprint density at radius 2 is 2.09 bits per heavy atom. The van der Waals surface area contributed by atoms with Crippen molar-refractivity contribution >= 4 is 12.2 Å². The van der Waals surface area contributed by atoms with Crippen LogP contribution in [-0.4, -0.2) is 60.9 Å². The Labute approximate surface area is 188 Å². The summed E-state index contributed by atoms with van der Waals surface area (Å²) in [5, 5.41) is 14.7. The molecule has 1 fully saturated rings. The first-order valence-corrected chi connectivity index (χ1v) is 10.3. The number of carbonyl (C=O) groups is 1. The Kier molecular flexibility index (Phi) is 5.18. The molecule has 2 aliphatic rings. The predicted octanol–water partition coefficient (Wildman–Crippen LogP) is 2.50. The quantitative estimate of drug-likeness (QED) is 0.609. The minimum Gasteiger partial charge on any atom is -0.483 e. The Bertz CT molecular complexity index is 1280. The number of hydrazone groups is 1. The van der Waals surface area contributed by atoms with E-state index in [9.17, 15) is 9.18 Å². The first-order chi connectivity index (χ1) is 16.0. The lowest BCUT2D eigenvalue weighted by atomic mass is 10.1. The van der Waals surface area contributed by atoms with Crippen LogP contribution >= 0.6 is 0 Å². The molecule has 0 radical (unpaired) electrons. The van der Waals surface area contributed by atoms with Crippen molar-refractivity contribution in [3.63, 3.8) is 0 Å². The standard InChI is InChI=1S/C22H19FN8O2/c1-29-5-4-26-21(29)18-7-20(17(23)11-27-18)33-16-12-30(13-16)22(32)31-19(2-3-28-31)15-6-14(8-24)9-25-10-15/h3-7,9-11,16,19H,2,12-13H2,1H3/t19-/m0/s1. The Morgan fingerprint density at radius 1 is 1.24 bits per heavy atom. The third-order valence-corrected chi connectivity index (χ3v) is 5.58. The van der Waals surface area contributed by atoms with Gasteiger partial charge in [0.1, 0.15) is 17.9 Å². The largest absolute Gasteiger partial charge is 0.483 e. The summed E-state index contributed by atoms with van der Waals surface area (Å²) in [6, 6.07) is 4.67. The van der Waals surface area contributed by atoms with Crippen LogP contribution in [0.4, 0.5) is 9.18 Å². The van der Waals surface area contributed by atoms with Crippen molar-refractivity contribution in [2.24, 2.45) is 12.1 Å². The van der Waals surface area contributed by atoms with Gasteiger partial charge in [-0.05, 0) is 11.6 Å². The van der Waals surface area contributed by atoms with E-state index in [0.717, 1.165) is 11.8 Å². The number of amides is 2. The Morgan fingerprint density at radius 3 is 2.85 bits per heavy atom. The molecule has 0 bridgehead atoms. The van der Waals surface area contributed by atoms with Crippen LogP contribution < -0.4 is 4.74 Å². The van der Waals surface area contributed by atoms with Crippen LogP contribution in [0.3, 0.4) is 0 Å². The average Bonchev–Trinajstić information content (AvgIpc) is 3.46. The summed E-state index contributed by atoms with van der Waals surface area (Å²) in [4.78, 5) is 26.9. The van der Waals surface area contributed by atoms with Gasteiger partial charge in [-0.1, -0.05) is 0 Å². The van der Waals surface area contributed by atoms with E-state index >= 15 is 0 Å². The second kappa shape index (κ2) is 8.31. The number of urea groups is 1. The third-order valence-electron chi connectivity index (χ3n) is 5.58. The van der Waals surface area contributed by atoms with Crippen molar-refractivity contribution in [3.05, 3.63) is 60.1 Å². The molecule has 0 spiro atoms. The van der Waals surface area contributed by atoms with Crippen molar-refractivity contribution < 1.29 is 13.9 Å². The van der Waals surface area contributed by atoms with Gasteiger partial charge < -0.3 is 14.2 Å². The van der Waals surface area contributed by atoms with Gasteiger partial charge in [0.05, 0.1) is 30.9 Å². The second-order valence-corrected chi connectivity index (χ2v) is 7.80. The molecule has 166 valence electrons. The summed E-state index contributed by atoms with van der Waals surface area (Å²) >= 11 is 0. The number of imidazole rings is 1. The first kappa shape index (κ1) is 20.6. The zero-order valence-electron chi connectivity index (χ0n) is 17.7. The highest BCUT2D eigenvalue weighted by atomic mass is 19.1. The molecular formula is C22H19FN8O2. The van der Waals surface area contributed by atoms with Crippen LogP contribution in [0.2, 0.25) is 0 Å². The van der Waals surface area contributed by atoms with E-state index in [-0.39, 0.29) is 23.9 Å². The molecule has 0 saturated carbocycles. The fourth-order valence-electron chi connectivity index (χ4n) is 3.81. The summed E-state index contributed by atoms with van der Waals surface area (Å²) in [6.07, 6.45) is 9.47. The highest BCUT2D eigenvalue weighted by molar-refractivity contribution is 5.79. The third kappa shape index (κ3) is 3.87. The van der Waals surface area contributed by atoms with Gasteiger partial charge in [-0.15, -0.1) is 0 Å². The molecule has 5 heterocycles. The van der Waals surface area contributed by atoms with Gasteiger partial charge in [-0.3, -0.25) is 4.98 Å². The molecule has 2 aliphatic heterocycles. The minimum atomic E-state index is -0.577. The summed E-state index contributed by atoms with van der Waals surface area (Å²) in [6.45, 7) is 0.598. The summed E-state index contributed by atoms with van der Waals surface area (Å²) in [5.41, 5.74) is 1.66. The van der Waals surface area contributed by atoms with E-state index in [1.54, 1.807) is 40.3 Å². The smallest absolute Gasteiger partial charge is 0.341 e. The van der Waals surface area contributed by atoms with Crippen LogP contribution in [-0.2, 0) is 7.05 Å². The normalized spacial score (nSPS) is 17.7. The summed E-state index contributed by atoms with van der Waals surface area (Å²) in [5.74, 6) is 0.0848. The number of rotatable bonds is 4. The van der Waals surface area contributed by atoms with Crippen LogP contribution in [0.15, 0.2) is 48.2 Å². The van der Waals surface area contributed by atoms with Gasteiger partial charge in [-0.2, -0.15) is 10.4 Å².